The van der Waals surface area contributed by atoms with E-state index in [1.54, 1.807) is 52.1 Å². The molecule has 0 amide bonds. The first-order valence-corrected chi connectivity index (χ1v) is 16.3. The first-order chi connectivity index (χ1) is 21.4. The van der Waals surface area contributed by atoms with Gasteiger partial charge in [-0.15, -0.1) is 11.6 Å². The number of benzene rings is 2. The van der Waals surface area contributed by atoms with Crippen LogP contribution in [0.3, 0.4) is 0 Å². The number of carbonyl (C=O) groups is 1. The molecule has 1 unspecified atom stereocenters. The number of esters is 1. The summed E-state index contributed by atoms with van der Waals surface area (Å²) in [6, 6.07) is 11.3. The van der Waals surface area contributed by atoms with Crippen molar-refractivity contribution in [2.45, 2.75) is 63.9 Å². The Balaban J connectivity index is 1.45. The number of ether oxygens (including phenoxy) is 2. The van der Waals surface area contributed by atoms with Crippen molar-refractivity contribution in [3.8, 4) is 5.75 Å². The number of carbonyl (C=O) groups excluding carboxylic acids is 1. The zero-order valence-corrected chi connectivity index (χ0v) is 27.0. The lowest BCUT2D eigenvalue weighted by Crippen LogP contribution is -2.48. The van der Waals surface area contributed by atoms with Gasteiger partial charge in [0.25, 0.3) is 0 Å². The molecule has 4 aromatic rings. The molecule has 3 heterocycles. The summed E-state index contributed by atoms with van der Waals surface area (Å²) < 4.78 is 54.6. The molecule has 1 aliphatic rings. The molecule has 2 aromatic heterocycles. The van der Waals surface area contributed by atoms with Crippen molar-refractivity contribution in [2.24, 2.45) is 0 Å². The average molecular weight is 665 g/mol. The molecule has 0 spiro atoms. The van der Waals surface area contributed by atoms with Crippen LogP contribution in [0.5, 0.6) is 5.75 Å². The second kappa shape index (κ2) is 13.1. The van der Waals surface area contributed by atoms with E-state index in [0.29, 0.717) is 22.5 Å². The highest BCUT2D eigenvalue weighted by Gasteiger charge is 2.57. The Hall–Kier alpha value is -3.39. The molecule has 0 aliphatic carbocycles. The van der Waals surface area contributed by atoms with Crippen molar-refractivity contribution in [1.29, 1.82) is 0 Å². The molecule has 45 heavy (non-hydrogen) atoms. The summed E-state index contributed by atoms with van der Waals surface area (Å²) in [5, 5.41) is 18.1. The number of imidazole rings is 1. The van der Waals surface area contributed by atoms with E-state index in [1.807, 2.05) is 18.2 Å². The number of nitrogens with one attached hydrogen (secondary N) is 2. The van der Waals surface area contributed by atoms with Crippen LogP contribution in [-0.2, 0) is 23.4 Å². The quantitative estimate of drug-likeness (QED) is 0.109. The number of aryl methyl sites for hydroxylation is 1. The van der Waals surface area contributed by atoms with E-state index in [0.717, 1.165) is 5.39 Å². The Morgan fingerprint density at radius 1 is 1.22 bits per heavy atom. The van der Waals surface area contributed by atoms with Gasteiger partial charge in [-0.05, 0) is 39.1 Å². The molecule has 0 bridgehead atoms. The lowest BCUT2D eigenvalue weighted by molar-refractivity contribution is -0.149. The van der Waals surface area contributed by atoms with Crippen molar-refractivity contribution < 1.29 is 37.4 Å². The van der Waals surface area contributed by atoms with Gasteiger partial charge in [0.15, 0.2) is 29.4 Å². The van der Waals surface area contributed by atoms with E-state index in [4.69, 9.17) is 30.1 Å². The first-order valence-electron chi connectivity index (χ1n) is 14.3. The van der Waals surface area contributed by atoms with Crippen LogP contribution >= 0.6 is 19.3 Å². The van der Waals surface area contributed by atoms with Gasteiger partial charge < -0.3 is 24.4 Å². The SMILES string of the molecule is CNc1nc(C)nc2c1ncn2[C@@H]1O[C@](CCl)(COP(=O)(N[C@@H](C)C(=O)OC(C)C)Oc2cccc3ccccc23)[C@@H](O)[C@@H]1F. The van der Waals surface area contributed by atoms with Crippen molar-refractivity contribution in [1.82, 2.24) is 24.6 Å². The summed E-state index contributed by atoms with van der Waals surface area (Å²) in [6.07, 6.45) is -4.36. The normalized spacial score (nSPS) is 23.7. The Morgan fingerprint density at radius 3 is 2.67 bits per heavy atom. The number of anilines is 1. The van der Waals surface area contributed by atoms with Crippen molar-refractivity contribution >= 4 is 53.1 Å². The highest BCUT2D eigenvalue weighted by Crippen LogP contribution is 2.50. The van der Waals surface area contributed by atoms with Crippen LogP contribution in [0.4, 0.5) is 10.2 Å². The summed E-state index contributed by atoms with van der Waals surface area (Å²) in [5.74, 6) is -0.124. The zero-order chi connectivity index (χ0) is 32.5. The van der Waals surface area contributed by atoms with Crippen molar-refractivity contribution in [3.63, 3.8) is 0 Å². The van der Waals surface area contributed by atoms with Gasteiger partial charge in [-0.3, -0.25) is 13.9 Å². The number of hydrogen-bond donors (Lipinski definition) is 3. The molecule has 1 fully saturated rings. The Morgan fingerprint density at radius 2 is 1.96 bits per heavy atom. The van der Waals surface area contributed by atoms with E-state index in [2.05, 4.69) is 25.4 Å². The van der Waals surface area contributed by atoms with E-state index in [9.17, 15) is 14.5 Å². The van der Waals surface area contributed by atoms with E-state index in [1.165, 1.54) is 17.8 Å². The molecule has 3 N–H and O–H groups in total. The van der Waals surface area contributed by atoms with Gasteiger partial charge >= 0.3 is 13.7 Å². The van der Waals surface area contributed by atoms with E-state index in [-0.39, 0.29) is 11.4 Å². The predicted molar refractivity (Wildman–Crippen MR) is 166 cm³/mol. The maximum absolute atomic E-state index is 15.8. The number of alkyl halides is 2. The van der Waals surface area contributed by atoms with Gasteiger partial charge in [-0.1, -0.05) is 36.4 Å². The Labute approximate surface area is 264 Å². The third kappa shape index (κ3) is 6.62. The number of rotatable bonds is 12. The summed E-state index contributed by atoms with van der Waals surface area (Å²) >= 11 is 6.31. The summed E-state index contributed by atoms with van der Waals surface area (Å²) in [4.78, 5) is 25.6. The Bertz CT molecular complexity index is 1740. The van der Waals surface area contributed by atoms with Crippen LogP contribution in [0.25, 0.3) is 21.9 Å². The molecule has 0 radical (unpaired) electrons. The molecule has 1 aliphatic heterocycles. The topological polar surface area (TPSA) is 159 Å². The smallest absolute Gasteiger partial charge is 0.459 e. The lowest BCUT2D eigenvalue weighted by Gasteiger charge is -2.31. The van der Waals surface area contributed by atoms with Gasteiger partial charge in [0.1, 0.15) is 29.3 Å². The highest BCUT2D eigenvalue weighted by atomic mass is 35.5. The number of aliphatic hydroxyl groups excluding tert-OH is 1. The molecule has 1 saturated heterocycles. The summed E-state index contributed by atoms with van der Waals surface area (Å²) in [6.45, 7) is 5.78. The molecule has 0 saturated carbocycles. The lowest BCUT2D eigenvalue weighted by atomic mass is 9.99. The minimum Gasteiger partial charge on any atom is -0.462 e. The molecule has 242 valence electrons. The van der Waals surface area contributed by atoms with Gasteiger partial charge in [-0.2, -0.15) is 5.09 Å². The van der Waals surface area contributed by atoms with Gasteiger partial charge in [-0.25, -0.2) is 23.9 Å². The fourth-order valence-electron chi connectivity index (χ4n) is 5.00. The minimum absolute atomic E-state index is 0.197. The van der Waals surface area contributed by atoms with Crippen molar-refractivity contribution in [2.75, 3.05) is 24.9 Å². The highest BCUT2D eigenvalue weighted by molar-refractivity contribution is 7.52. The van der Waals surface area contributed by atoms with Crippen LogP contribution < -0.4 is 14.9 Å². The van der Waals surface area contributed by atoms with Crippen LogP contribution in [0.1, 0.15) is 32.8 Å². The molecule has 13 nitrogen and oxygen atoms in total. The molecular formula is C29H35ClFN6O7P. The predicted octanol–water partition coefficient (Wildman–Crippen LogP) is 4.67. The van der Waals surface area contributed by atoms with Crippen LogP contribution in [0.2, 0.25) is 0 Å². The Kier molecular flexibility index (Phi) is 9.64. The number of aromatic nitrogens is 4. The third-order valence-electron chi connectivity index (χ3n) is 7.24. The monoisotopic (exact) mass is 664 g/mol. The summed E-state index contributed by atoms with van der Waals surface area (Å²) in [7, 11) is -2.79. The van der Waals surface area contributed by atoms with Crippen LogP contribution in [-0.4, -0.2) is 80.2 Å². The van der Waals surface area contributed by atoms with E-state index < -0.39 is 62.5 Å². The fraction of sp³-hybridized carbons (Fsp3) is 0.448. The molecule has 16 heteroatoms. The maximum atomic E-state index is 15.8. The maximum Gasteiger partial charge on any atom is 0.459 e. The number of aliphatic hydroxyl groups is 1. The second-order valence-electron chi connectivity index (χ2n) is 11.0. The molecule has 2 aromatic carbocycles. The average Bonchev–Trinajstić information content (AvgIpc) is 3.54. The number of halogens is 2. The fourth-order valence-corrected chi connectivity index (χ4v) is 6.86. The molecule has 5 rings (SSSR count). The third-order valence-corrected chi connectivity index (χ3v) is 9.31. The number of nitrogens with zero attached hydrogens (tertiary/aromatic N) is 4. The van der Waals surface area contributed by atoms with Gasteiger partial charge in [0, 0.05) is 12.4 Å². The van der Waals surface area contributed by atoms with Crippen LogP contribution in [0, 0.1) is 6.92 Å². The summed E-state index contributed by atoms with van der Waals surface area (Å²) in [5.41, 5.74) is -1.26. The van der Waals surface area contributed by atoms with Gasteiger partial charge in [0.05, 0.1) is 24.9 Å². The van der Waals surface area contributed by atoms with Crippen LogP contribution in [0.15, 0.2) is 48.8 Å². The largest absolute Gasteiger partial charge is 0.462 e. The second-order valence-corrected chi connectivity index (χ2v) is 12.9. The van der Waals surface area contributed by atoms with Crippen molar-refractivity contribution in [3.05, 3.63) is 54.6 Å². The van der Waals surface area contributed by atoms with E-state index >= 15 is 4.39 Å². The molecular weight excluding hydrogens is 630 g/mol. The zero-order valence-electron chi connectivity index (χ0n) is 25.3. The minimum atomic E-state index is -4.46. The standard InChI is InChI=1S/C29H35ClFN6O7P/c1-16(2)42-28(39)17(3)36-45(40,44-21-12-8-10-19-9-6-7-11-20(19)21)41-14-29(13-30)24(38)22(31)27(43-29)37-15-33-23-25(32-5)34-18(4)35-26(23)37/h6-12,15-17,22,24,27,38H,13-14H2,1-5H3,(H,36,40)(H,32,34,35)/t17-,22-,24-,27+,29+,45?/m0/s1. The molecule has 6 atom stereocenters. The first kappa shape index (κ1) is 33.0. The number of fused-ring (bicyclic) bond motifs is 2. The van der Waals surface area contributed by atoms with Gasteiger partial charge in [0.2, 0.25) is 0 Å². The number of hydrogen-bond acceptors (Lipinski definition) is 11.